The van der Waals surface area contributed by atoms with Gasteiger partial charge in [-0.2, -0.15) is 0 Å². The van der Waals surface area contributed by atoms with Gasteiger partial charge >= 0.3 is 0 Å². The average Bonchev–Trinajstić information content (AvgIpc) is 3.59. The fourth-order valence-electron chi connectivity index (χ4n) is 8.38. The lowest BCUT2D eigenvalue weighted by Crippen LogP contribution is -2.08. The predicted octanol–water partition coefficient (Wildman–Crippen LogP) is 12.3. The molecule has 0 saturated heterocycles. The highest BCUT2D eigenvalue weighted by molar-refractivity contribution is 6.09. The van der Waals surface area contributed by atoms with Gasteiger partial charge in [0.25, 0.3) is 0 Å². The van der Waals surface area contributed by atoms with Crippen molar-refractivity contribution in [2.45, 2.75) is 12.8 Å². The Kier molecular flexibility index (Phi) is 7.27. The Hall–Kier alpha value is -7.17. The molecule has 0 aliphatic heterocycles. The lowest BCUT2D eigenvalue weighted by Gasteiger charge is -2.22. The zero-order chi connectivity index (χ0) is 36.3. The molecule has 0 radical (unpaired) electrons. The molecule has 0 N–H and O–H groups in total. The van der Waals surface area contributed by atoms with Crippen LogP contribution in [0.3, 0.4) is 0 Å². The van der Waals surface area contributed by atoms with Crippen molar-refractivity contribution in [2.24, 2.45) is 0 Å². The van der Waals surface area contributed by atoms with E-state index in [-0.39, 0.29) is 0 Å². The summed E-state index contributed by atoms with van der Waals surface area (Å²) in [5.41, 5.74) is 14.5. The lowest BCUT2D eigenvalue weighted by atomic mass is 9.84. The molecule has 2 heterocycles. The summed E-state index contributed by atoms with van der Waals surface area (Å²) in [6.45, 7) is 0. The van der Waals surface area contributed by atoms with Crippen molar-refractivity contribution in [1.82, 2.24) is 19.5 Å². The number of hydrogen-bond donors (Lipinski definition) is 0. The molecule has 55 heavy (non-hydrogen) atoms. The van der Waals surface area contributed by atoms with Crippen LogP contribution in [-0.2, 0) is 12.8 Å². The average molecular weight is 703 g/mol. The highest BCUT2D eigenvalue weighted by atomic mass is 15.0. The first-order valence-corrected chi connectivity index (χ1v) is 18.9. The zero-order valence-corrected chi connectivity index (χ0v) is 30.0. The number of fused-ring (bicyclic) bond motifs is 6. The second-order valence-electron chi connectivity index (χ2n) is 14.5. The normalized spacial score (nSPS) is 12.2. The summed E-state index contributed by atoms with van der Waals surface area (Å²) in [6, 6.07) is 65.0. The van der Waals surface area contributed by atoms with E-state index in [4.69, 9.17) is 15.0 Å². The minimum atomic E-state index is 0.657. The maximum atomic E-state index is 4.97. The molecule has 0 unspecified atom stereocenters. The van der Waals surface area contributed by atoms with Gasteiger partial charge < -0.3 is 4.57 Å². The molecule has 0 bridgehead atoms. The first-order valence-electron chi connectivity index (χ1n) is 18.9. The molecule has 0 fully saturated rings. The van der Waals surface area contributed by atoms with Gasteiger partial charge in [-0.25, -0.2) is 15.0 Å². The molecule has 1 aliphatic rings. The van der Waals surface area contributed by atoms with Crippen LogP contribution in [0.15, 0.2) is 182 Å². The van der Waals surface area contributed by atoms with Gasteiger partial charge in [-0.3, -0.25) is 0 Å². The molecule has 0 atom stereocenters. The molecular formula is C51H34N4. The van der Waals surface area contributed by atoms with Crippen molar-refractivity contribution in [3.8, 4) is 51.0 Å². The molecule has 0 spiro atoms. The predicted molar refractivity (Wildman–Crippen MR) is 225 cm³/mol. The number of hydrogen-bond acceptors (Lipinski definition) is 3. The maximum Gasteiger partial charge on any atom is 0.164 e. The quantitative estimate of drug-likeness (QED) is 0.179. The van der Waals surface area contributed by atoms with Gasteiger partial charge in [0.05, 0.1) is 11.0 Å². The highest BCUT2D eigenvalue weighted by Crippen LogP contribution is 2.37. The third-order valence-electron chi connectivity index (χ3n) is 11.1. The van der Waals surface area contributed by atoms with E-state index in [0.717, 1.165) is 35.1 Å². The summed E-state index contributed by atoms with van der Waals surface area (Å²) in [5.74, 6) is 1.98. The first kappa shape index (κ1) is 31.4. The van der Waals surface area contributed by atoms with Gasteiger partial charge in [0.15, 0.2) is 17.5 Å². The number of para-hydroxylation sites is 2. The van der Waals surface area contributed by atoms with Crippen molar-refractivity contribution in [1.29, 1.82) is 0 Å². The topological polar surface area (TPSA) is 43.6 Å². The minimum absolute atomic E-state index is 0.657. The lowest BCUT2D eigenvalue weighted by molar-refractivity contribution is 0.997. The van der Waals surface area contributed by atoms with E-state index in [9.17, 15) is 0 Å². The molecule has 0 saturated carbocycles. The summed E-state index contributed by atoms with van der Waals surface area (Å²) in [4.78, 5) is 14.8. The second-order valence-corrected chi connectivity index (χ2v) is 14.5. The minimum Gasteiger partial charge on any atom is -0.309 e. The monoisotopic (exact) mass is 702 g/mol. The summed E-state index contributed by atoms with van der Waals surface area (Å²) in [5, 5.41) is 5.10. The highest BCUT2D eigenvalue weighted by Gasteiger charge is 2.19. The van der Waals surface area contributed by atoms with Crippen molar-refractivity contribution in [3.63, 3.8) is 0 Å². The van der Waals surface area contributed by atoms with Crippen molar-refractivity contribution >= 4 is 32.6 Å². The van der Waals surface area contributed by atoms with Crippen LogP contribution < -0.4 is 0 Å². The Morgan fingerprint density at radius 1 is 0.327 bits per heavy atom. The number of rotatable bonds is 5. The Morgan fingerprint density at radius 2 is 0.836 bits per heavy atom. The maximum absolute atomic E-state index is 4.97. The van der Waals surface area contributed by atoms with Crippen molar-refractivity contribution in [3.05, 3.63) is 204 Å². The van der Waals surface area contributed by atoms with Crippen molar-refractivity contribution < 1.29 is 0 Å². The van der Waals surface area contributed by atoms with Gasteiger partial charge in [-0.05, 0) is 93.4 Å². The van der Waals surface area contributed by atoms with E-state index in [2.05, 4.69) is 126 Å². The summed E-state index contributed by atoms with van der Waals surface area (Å²) < 4.78 is 2.42. The van der Waals surface area contributed by atoms with E-state index in [1.54, 1.807) is 0 Å². The third kappa shape index (κ3) is 5.50. The van der Waals surface area contributed by atoms with Crippen LogP contribution in [0.25, 0.3) is 83.6 Å². The smallest absolute Gasteiger partial charge is 0.164 e. The van der Waals surface area contributed by atoms with E-state index in [1.807, 2.05) is 60.7 Å². The van der Waals surface area contributed by atoms with Crippen LogP contribution in [0.1, 0.15) is 22.3 Å². The molecular weight excluding hydrogens is 669 g/mol. The second kappa shape index (κ2) is 12.8. The van der Waals surface area contributed by atoms with Crippen LogP contribution in [-0.4, -0.2) is 19.5 Å². The largest absolute Gasteiger partial charge is 0.309 e. The van der Waals surface area contributed by atoms with E-state index in [0.29, 0.717) is 17.5 Å². The Morgan fingerprint density at radius 3 is 1.51 bits per heavy atom. The van der Waals surface area contributed by atoms with Crippen molar-refractivity contribution in [2.75, 3.05) is 0 Å². The van der Waals surface area contributed by atoms with Crippen LogP contribution in [0.4, 0.5) is 0 Å². The Labute approximate surface area is 319 Å². The molecule has 2 aromatic heterocycles. The van der Waals surface area contributed by atoms with Crippen LogP contribution in [0.5, 0.6) is 0 Å². The molecule has 258 valence electrons. The standard InChI is InChI=1S/C51H34N4/c1-3-12-33(13-4-1)49-52-50(34-14-5-2-6-15-34)54-51(53-49)39-17-11-16-35(26-39)36-22-23-37-28-42-31-43-32-44(25-24-38(43)29-41(42)30-40(37)27-36)55-47-20-9-7-18-45(47)46-19-8-10-21-48(46)55/h1-28,30,32H,29,31H2. The summed E-state index contributed by atoms with van der Waals surface area (Å²) >= 11 is 0. The first-order chi connectivity index (χ1) is 27.2. The molecule has 10 aromatic rings. The van der Waals surface area contributed by atoms with Crippen LogP contribution in [0, 0.1) is 0 Å². The summed E-state index contributed by atoms with van der Waals surface area (Å²) in [7, 11) is 0. The SMILES string of the molecule is c1ccc(-c2nc(-c3ccccc3)nc(-c3cccc(-c4ccc5cc6c(cc5c4)Cc4ccc(-n5c7ccccc7c7ccccc75)cc4C6)c3)n2)cc1. The molecule has 11 rings (SSSR count). The fourth-order valence-corrected chi connectivity index (χ4v) is 8.38. The number of nitrogens with zero attached hydrogens (tertiary/aromatic N) is 4. The van der Waals surface area contributed by atoms with Crippen LogP contribution in [0.2, 0.25) is 0 Å². The molecule has 4 nitrogen and oxygen atoms in total. The van der Waals surface area contributed by atoms with Crippen LogP contribution >= 0.6 is 0 Å². The number of aromatic nitrogens is 4. The van der Waals surface area contributed by atoms with E-state index >= 15 is 0 Å². The molecule has 0 amide bonds. The summed E-state index contributed by atoms with van der Waals surface area (Å²) in [6.07, 6.45) is 1.86. The Balaban J connectivity index is 0.933. The fraction of sp³-hybridized carbons (Fsp3) is 0.0392. The van der Waals surface area contributed by atoms with E-state index < -0.39 is 0 Å². The third-order valence-corrected chi connectivity index (χ3v) is 11.1. The molecule has 8 aromatic carbocycles. The van der Waals surface area contributed by atoms with Gasteiger partial charge in [0.1, 0.15) is 0 Å². The molecule has 4 heteroatoms. The van der Waals surface area contributed by atoms with Gasteiger partial charge in [0, 0.05) is 33.2 Å². The van der Waals surface area contributed by atoms with E-state index in [1.165, 1.54) is 66.1 Å². The van der Waals surface area contributed by atoms with Gasteiger partial charge in [-0.1, -0.05) is 146 Å². The Bertz CT molecular complexity index is 2980. The number of benzene rings is 8. The van der Waals surface area contributed by atoms with Gasteiger partial charge in [-0.15, -0.1) is 0 Å². The zero-order valence-electron chi connectivity index (χ0n) is 30.0. The van der Waals surface area contributed by atoms with Gasteiger partial charge in [0.2, 0.25) is 0 Å². The molecule has 1 aliphatic carbocycles.